The Morgan fingerprint density at radius 2 is 1.69 bits per heavy atom. The van der Waals surface area contributed by atoms with Crippen molar-refractivity contribution in [1.82, 2.24) is 0 Å². The van der Waals surface area contributed by atoms with Crippen LogP contribution >= 0.6 is 0 Å². The Bertz CT molecular complexity index is 781. The van der Waals surface area contributed by atoms with Crippen molar-refractivity contribution in [3.05, 3.63) is 0 Å². The van der Waals surface area contributed by atoms with Gasteiger partial charge in [0.15, 0.2) is 0 Å². The van der Waals surface area contributed by atoms with Crippen LogP contribution in [0.25, 0.3) is 0 Å². The van der Waals surface area contributed by atoms with Gasteiger partial charge in [-0.25, -0.2) is 0 Å². The summed E-state index contributed by atoms with van der Waals surface area (Å²) in [5.74, 6) is 3.04. The second-order valence-corrected chi connectivity index (χ2v) is 13.0. The minimum Gasteiger partial charge on any atom is -0.466 e. The fourth-order valence-electron chi connectivity index (χ4n) is 10.0. The van der Waals surface area contributed by atoms with E-state index in [-0.39, 0.29) is 40.9 Å². The van der Waals surface area contributed by atoms with Crippen molar-refractivity contribution in [2.45, 2.75) is 118 Å². The van der Waals surface area contributed by atoms with Crippen LogP contribution in [0.15, 0.2) is 0 Å². The first-order valence-corrected chi connectivity index (χ1v) is 14.6. The predicted molar refractivity (Wildman–Crippen MR) is 136 cm³/mol. The van der Waals surface area contributed by atoms with Gasteiger partial charge in [0.1, 0.15) is 6.10 Å². The van der Waals surface area contributed by atoms with Crippen molar-refractivity contribution in [2.75, 3.05) is 6.61 Å². The maximum atomic E-state index is 12.0. The van der Waals surface area contributed by atoms with Crippen molar-refractivity contribution < 1.29 is 24.2 Å². The molecule has 0 saturated heterocycles. The third-order valence-corrected chi connectivity index (χ3v) is 11.6. The summed E-state index contributed by atoms with van der Waals surface area (Å²) >= 11 is 0. The third-order valence-electron chi connectivity index (χ3n) is 11.6. The van der Waals surface area contributed by atoms with E-state index in [9.17, 15) is 14.7 Å². The topological polar surface area (TPSA) is 72.8 Å². The molecule has 4 fully saturated rings. The van der Waals surface area contributed by atoms with E-state index >= 15 is 0 Å². The summed E-state index contributed by atoms with van der Waals surface area (Å²) in [6.07, 6.45) is 9.95. The molecule has 0 aromatic rings. The molecule has 5 nitrogen and oxygen atoms in total. The molecule has 4 saturated carbocycles. The SMILES string of the molecule is CCOC(=O)CC[C@@H](C)C1CCC2C3C(CC[C@@]21C)[C@@]1(C)CC[C@@H](OC(C)=O)CC1[C@@H](CC)[C@H]3O. The highest BCUT2D eigenvalue weighted by atomic mass is 16.5. The number of fused-ring (bicyclic) bond motifs is 5. The van der Waals surface area contributed by atoms with E-state index in [1.807, 2.05) is 6.92 Å². The van der Waals surface area contributed by atoms with Crippen LogP contribution in [0, 0.1) is 52.3 Å². The van der Waals surface area contributed by atoms with E-state index in [1.165, 1.54) is 32.6 Å². The quantitative estimate of drug-likeness (QED) is 0.433. The van der Waals surface area contributed by atoms with Crippen LogP contribution in [0.4, 0.5) is 0 Å². The van der Waals surface area contributed by atoms with Crippen molar-refractivity contribution >= 4 is 11.9 Å². The molecule has 0 amide bonds. The smallest absolute Gasteiger partial charge is 0.305 e. The summed E-state index contributed by atoms with van der Waals surface area (Å²) < 4.78 is 10.9. The van der Waals surface area contributed by atoms with E-state index in [2.05, 4.69) is 27.7 Å². The molecule has 5 unspecified atom stereocenters. The van der Waals surface area contributed by atoms with Crippen molar-refractivity contribution in [3.8, 4) is 0 Å². The number of hydrogen-bond acceptors (Lipinski definition) is 5. The highest BCUT2D eigenvalue weighted by Crippen LogP contribution is 2.69. The van der Waals surface area contributed by atoms with Gasteiger partial charge in [0, 0.05) is 13.3 Å². The number of esters is 2. The average Bonchev–Trinajstić information content (AvgIpc) is 3.16. The molecule has 35 heavy (non-hydrogen) atoms. The summed E-state index contributed by atoms with van der Waals surface area (Å²) in [6, 6.07) is 0. The van der Waals surface area contributed by atoms with Gasteiger partial charge >= 0.3 is 11.9 Å². The molecule has 11 atom stereocenters. The molecule has 0 aliphatic heterocycles. The van der Waals surface area contributed by atoms with E-state index in [0.717, 1.165) is 32.1 Å². The Labute approximate surface area is 213 Å². The van der Waals surface area contributed by atoms with Gasteiger partial charge < -0.3 is 14.6 Å². The summed E-state index contributed by atoms with van der Waals surface area (Å²) in [7, 11) is 0. The van der Waals surface area contributed by atoms with Crippen molar-refractivity contribution in [2.24, 2.45) is 52.3 Å². The number of ether oxygens (including phenoxy) is 2. The monoisotopic (exact) mass is 490 g/mol. The Morgan fingerprint density at radius 1 is 1.00 bits per heavy atom. The number of aliphatic hydroxyl groups is 1. The molecule has 200 valence electrons. The summed E-state index contributed by atoms with van der Waals surface area (Å²) in [5, 5.41) is 11.9. The summed E-state index contributed by atoms with van der Waals surface area (Å²) in [5.41, 5.74) is 0.461. The Kier molecular flexibility index (Phi) is 7.96. The molecule has 0 spiro atoms. The number of rotatable bonds is 7. The molecule has 0 heterocycles. The first kappa shape index (κ1) is 26.9. The number of hydrogen-bond donors (Lipinski definition) is 1. The second-order valence-electron chi connectivity index (χ2n) is 13.0. The van der Waals surface area contributed by atoms with Gasteiger partial charge in [-0.2, -0.15) is 0 Å². The van der Waals surface area contributed by atoms with Crippen molar-refractivity contribution in [1.29, 1.82) is 0 Å². The van der Waals surface area contributed by atoms with Gasteiger partial charge in [-0.1, -0.05) is 34.1 Å². The van der Waals surface area contributed by atoms with Crippen LogP contribution in [0.5, 0.6) is 0 Å². The average molecular weight is 491 g/mol. The number of aliphatic hydroxyl groups excluding tert-OH is 1. The highest BCUT2D eigenvalue weighted by Gasteiger charge is 2.65. The zero-order valence-electron chi connectivity index (χ0n) is 23.1. The minimum atomic E-state index is -0.266. The van der Waals surface area contributed by atoms with Gasteiger partial charge in [-0.3, -0.25) is 9.59 Å². The highest BCUT2D eigenvalue weighted by molar-refractivity contribution is 5.69. The van der Waals surface area contributed by atoms with Crippen LogP contribution in [0.1, 0.15) is 106 Å². The molecule has 5 heteroatoms. The maximum Gasteiger partial charge on any atom is 0.305 e. The first-order chi connectivity index (χ1) is 16.6. The van der Waals surface area contributed by atoms with Gasteiger partial charge in [0.05, 0.1) is 12.7 Å². The minimum absolute atomic E-state index is 0.00772. The molecule has 0 aromatic heterocycles. The third kappa shape index (κ3) is 4.68. The molecule has 4 rings (SSSR count). The zero-order valence-corrected chi connectivity index (χ0v) is 23.1. The van der Waals surface area contributed by atoms with E-state index in [0.29, 0.717) is 48.5 Å². The molecule has 1 N–H and O–H groups in total. The molecule has 0 radical (unpaired) electrons. The first-order valence-electron chi connectivity index (χ1n) is 14.6. The van der Waals surface area contributed by atoms with E-state index in [4.69, 9.17) is 9.47 Å². The fourth-order valence-corrected chi connectivity index (χ4v) is 10.0. The fraction of sp³-hybridized carbons (Fsp3) is 0.933. The van der Waals surface area contributed by atoms with Crippen LogP contribution in [-0.2, 0) is 19.1 Å². The van der Waals surface area contributed by atoms with Gasteiger partial charge in [-0.15, -0.1) is 0 Å². The molecular weight excluding hydrogens is 440 g/mol. The van der Waals surface area contributed by atoms with E-state index in [1.54, 1.807) is 0 Å². The lowest BCUT2D eigenvalue weighted by Gasteiger charge is -2.64. The molecule has 4 aliphatic rings. The number of carbonyl (C=O) groups is 2. The van der Waals surface area contributed by atoms with Crippen LogP contribution in [0.3, 0.4) is 0 Å². The largest absolute Gasteiger partial charge is 0.466 e. The zero-order chi connectivity index (χ0) is 25.5. The van der Waals surface area contributed by atoms with Gasteiger partial charge in [0.2, 0.25) is 0 Å². The van der Waals surface area contributed by atoms with Gasteiger partial charge in [-0.05, 0) is 111 Å². The van der Waals surface area contributed by atoms with Crippen LogP contribution in [0.2, 0.25) is 0 Å². The predicted octanol–water partition coefficient (Wildman–Crippen LogP) is 6.16. The standard InChI is InChI=1S/C30H50O5/c1-7-21-25-17-20(35-19(4)31)13-15-30(25,6)24-14-16-29(5)22(10-11-23(29)27(24)28(21)33)18(3)9-12-26(32)34-8-2/h18,20-25,27-28,33H,7-17H2,1-6H3/t18-,20-,21-,22?,23?,24?,25?,27?,28-,29-,30-/m1/s1. The lowest BCUT2D eigenvalue weighted by atomic mass is 9.41. The van der Waals surface area contributed by atoms with Crippen LogP contribution < -0.4 is 0 Å². The molecule has 0 aromatic carbocycles. The molecule has 0 bridgehead atoms. The van der Waals surface area contributed by atoms with Crippen molar-refractivity contribution in [3.63, 3.8) is 0 Å². The Morgan fingerprint density at radius 3 is 2.34 bits per heavy atom. The lowest BCUT2D eigenvalue weighted by molar-refractivity contribution is -0.207. The summed E-state index contributed by atoms with van der Waals surface area (Å²) in [4.78, 5) is 23.7. The summed E-state index contributed by atoms with van der Waals surface area (Å²) in [6.45, 7) is 13.4. The Balaban J connectivity index is 1.54. The Hall–Kier alpha value is -1.10. The van der Waals surface area contributed by atoms with Crippen LogP contribution in [-0.4, -0.2) is 35.9 Å². The lowest BCUT2D eigenvalue weighted by Crippen LogP contribution is -2.62. The van der Waals surface area contributed by atoms with Gasteiger partial charge in [0.25, 0.3) is 0 Å². The normalized spacial score (nSPS) is 45.6. The maximum absolute atomic E-state index is 12.0. The number of carbonyl (C=O) groups excluding carboxylic acids is 2. The second kappa shape index (κ2) is 10.3. The molecular formula is C30H50O5. The molecule has 4 aliphatic carbocycles. The van der Waals surface area contributed by atoms with E-state index < -0.39 is 0 Å².